The highest BCUT2D eigenvalue weighted by Gasteiger charge is 2.52. The topological polar surface area (TPSA) is 62.7 Å². The first-order chi connectivity index (χ1) is 35.2. The zero-order valence-corrected chi connectivity index (χ0v) is 38.0. The number of nitrogens with zero attached hydrogens (tertiary/aromatic N) is 6. The number of ether oxygens (including phenoxy) is 1. The van der Waals surface area contributed by atoms with Crippen LogP contribution < -0.4 is 4.74 Å². The van der Waals surface area contributed by atoms with Gasteiger partial charge < -0.3 is 18.4 Å². The number of pyridine rings is 3. The molecule has 16 rings (SSSR count). The highest BCUT2D eigenvalue weighted by Crippen LogP contribution is 2.62. The molecule has 8 aromatic carbocycles. The summed E-state index contributed by atoms with van der Waals surface area (Å²) < 4.78 is 14.4. The van der Waals surface area contributed by atoms with Crippen molar-refractivity contribution in [3.05, 3.63) is 253 Å². The molecule has 0 N–H and O–H groups in total. The van der Waals surface area contributed by atoms with Gasteiger partial charge in [0, 0.05) is 73.8 Å². The van der Waals surface area contributed by atoms with Crippen LogP contribution in [0.15, 0.2) is 231 Å². The fourth-order valence-corrected chi connectivity index (χ4v) is 12.5. The Kier molecular flexibility index (Phi) is 7.69. The lowest BCUT2D eigenvalue weighted by Gasteiger charge is -2.39. The fourth-order valence-electron chi connectivity index (χ4n) is 12.5. The van der Waals surface area contributed by atoms with E-state index in [1.54, 1.807) is 0 Å². The number of benzene rings is 8. The third-order valence-corrected chi connectivity index (χ3v) is 15.3. The maximum atomic E-state index is 7.28. The predicted octanol–water partition coefficient (Wildman–Crippen LogP) is 15.3. The van der Waals surface area contributed by atoms with E-state index in [9.17, 15) is 0 Å². The summed E-state index contributed by atoms with van der Waals surface area (Å²) in [6.07, 6.45) is 7.65. The first-order valence-corrected chi connectivity index (χ1v) is 24.1. The molecule has 0 radical (unpaired) electrons. The molecular weight excluding hydrogens is 869 g/mol. The van der Waals surface area contributed by atoms with Gasteiger partial charge in [-0.1, -0.05) is 127 Å². The average molecular weight is 907 g/mol. The zero-order valence-electron chi connectivity index (χ0n) is 38.0. The van der Waals surface area contributed by atoms with Crippen molar-refractivity contribution in [1.29, 1.82) is 0 Å². The Morgan fingerprint density at radius 2 is 0.803 bits per heavy atom. The van der Waals surface area contributed by atoms with E-state index in [1.165, 1.54) is 26.9 Å². The van der Waals surface area contributed by atoms with Gasteiger partial charge in [-0.2, -0.15) is 0 Å². The number of aromatic nitrogens is 6. The maximum absolute atomic E-state index is 7.28. The SMILES string of the molecule is c1cnc2c(c1)C1(c3ccc(-c4ccc5c(c4)c4ccccc4n5-c4ccncc4-n4c5ccccc5c5ccccc54)cc3Oc3cc(-n4c5ccccc5c5ccccc54)ccc31)c1cccnc1-2. The normalized spacial score (nSPS) is 13.3. The molecular formula is C64H38N6O. The second-order valence-electron chi connectivity index (χ2n) is 18.7. The van der Waals surface area contributed by atoms with E-state index in [1.807, 2.05) is 36.9 Å². The van der Waals surface area contributed by atoms with Crippen LogP contribution >= 0.6 is 0 Å². The molecule has 0 fully saturated rings. The van der Waals surface area contributed by atoms with Gasteiger partial charge in [0.15, 0.2) is 0 Å². The van der Waals surface area contributed by atoms with Gasteiger partial charge in [0.1, 0.15) is 11.5 Å². The second-order valence-corrected chi connectivity index (χ2v) is 18.7. The Hall–Kier alpha value is -9.59. The van der Waals surface area contributed by atoms with Crippen LogP contribution in [0, 0.1) is 0 Å². The van der Waals surface area contributed by atoms with Gasteiger partial charge in [-0.25, -0.2) is 0 Å². The van der Waals surface area contributed by atoms with E-state index in [0.29, 0.717) is 0 Å². The van der Waals surface area contributed by atoms with E-state index in [0.717, 1.165) is 112 Å². The third-order valence-electron chi connectivity index (χ3n) is 15.3. The van der Waals surface area contributed by atoms with E-state index < -0.39 is 5.41 Å². The van der Waals surface area contributed by atoms with E-state index in [-0.39, 0.29) is 0 Å². The maximum Gasteiger partial charge on any atom is 0.134 e. The highest BCUT2D eigenvalue weighted by atomic mass is 16.5. The third kappa shape index (κ3) is 5.08. The second kappa shape index (κ2) is 14.2. The quantitative estimate of drug-likeness (QED) is 0.176. The number of hydrogen-bond donors (Lipinski definition) is 0. The highest BCUT2D eigenvalue weighted by molar-refractivity contribution is 6.13. The molecule has 7 heteroatoms. The number of para-hydroxylation sites is 5. The summed E-state index contributed by atoms with van der Waals surface area (Å²) in [5.74, 6) is 1.60. The molecule has 71 heavy (non-hydrogen) atoms. The predicted molar refractivity (Wildman–Crippen MR) is 286 cm³/mol. The Morgan fingerprint density at radius 3 is 1.39 bits per heavy atom. The Labute approximate surface area is 406 Å². The van der Waals surface area contributed by atoms with Gasteiger partial charge in [-0.05, 0) is 95.1 Å². The smallest absolute Gasteiger partial charge is 0.134 e. The lowest BCUT2D eigenvalue weighted by atomic mass is 9.66. The van der Waals surface area contributed by atoms with Crippen molar-refractivity contribution in [3.8, 4) is 51.1 Å². The first kappa shape index (κ1) is 38.4. The van der Waals surface area contributed by atoms with E-state index in [2.05, 4.69) is 208 Å². The molecule has 2 aliphatic rings. The molecule has 0 saturated heterocycles. The monoisotopic (exact) mass is 906 g/mol. The van der Waals surface area contributed by atoms with Crippen molar-refractivity contribution in [1.82, 2.24) is 28.7 Å². The largest absolute Gasteiger partial charge is 0.457 e. The minimum Gasteiger partial charge on any atom is -0.457 e. The van der Waals surface area contributed by atoms with Crippen LogP contribution in [0.1, 0.15) is 22.3 Å². The molecule has 0 atom stereocenters. The van der Waals surface area contributed by atoms with Gasteiger partial charge in [-0.3, -0.25) is 15.0 Å². The van der Waals surface area contributed by atoms with Crippen LogP contribution in [0.2, 0.25) is 0 Å². The van der Waals surface area contributed by atoms with Crippen LogP contribution in [-0.4, -0.2) is 28.7 Å². The summed E-state index contributed by atoms with van der Waals surface area (Å²) in [4.78, 5) is 14.7. The van der Waals surface area contributed by atoms with Crippen molar-refractivity contribution in [2.75, 3.05) is 0 Å². The van der Waals surface area contributed by atoms with Crippen LogP contribution in [0.3, 0.4) is 0 Å². The Balaban J connectivity index is 0.894. The molecule has 0 saturated carbocycles. The van der Waals surface area contributed by atoms with Crippen LogP contribution in [0.5, 0.6) is 11.5 Å². The van der Waals surface area contributed by atoms with Crippen LogP contribution in [0.25, 0.3) is 105 Å². The average Bonchev–Trinajstić information content (AvgIpc) is 4.15. The molecule has 330 valence electrons. The van der Waals surface area contributed by atoms with E-state index in [4.69, 9.17) is 19.7 Å². The minimum atomic E-state index is -0.718. The summed E-state index contributed by atoms with van der Waals surface area (Å²) in [6.45, 7) is 0. The first-order valence-electron chi connectivity index (χ1n) is 24.1. The molecule has 0 amide bonds. The lowest BCUT2D eigenvalue weighted by Crippen LogP contribution is -2.32. The number of rotatable bonds is 4. The van der Waals surface area contributed by atoms with Crippen LogP contribution in [-0.2, 0) is 5.41 Å². The van der Waals surface area contributed by atoms with Crippen molar-refractivity contribution in [2.45, 2.75) is 5.41 Å². The molecule has 0 unspecified atom stereocenters. The lowest BCUT2D eigenvalue weighted by molar-refractivity contribution is 0.436. The van der Waals surface area contributed by atoms with E-state index >= 15 is 0 Å². The Morgan fingerprint density at radius 1 is 0.338 bits per heavy atom. The summed E-state index contributed by atoms with van der Waals surface area (Å²) in [5, 5.41) is 7.20. The molecule has 1 aliphatic heterocycles. The standard InChI is InChI=1S/C64H38N6O/c1-6-20-52-42(13-1)43-14-2-7-21-53(43)68(52)41-27-29-49-61(37-41)71-60-36-40(25-28-48(60)64(49)50-18-11-32-66-62(50)63-51(64)19-12-33-67-63)39-26-30-57-47(35-39)46-17-5-10-24-56(46)69(57)58-31-34-65-38-59(58)70-54-22-8-3-15-44(54)45-16-4-9-23-55(45)70/h1-38H. The van der Waals surface area contributed by atoms with Gasteiger partial charge in [0.2, 0.25) is 0 Å². The summed E-state index contributed by atoms with van der Waals surface area (Å²) in [7, 11) is 0. The Bertz CT molecular complexity index is 4440. The van der Waals surface area contributed by atoms with Crippen LogP contribution in [0.4, 0.5) is 0 Å². The van der Waals surface area contributed by atoms with Gasteiger partial charge >= 0.3 is 0 Å². The molecule has 0 bridgehead atoms. The summed E-state index contributed by atoms with van der Waals surface area (Å²) in [6, 6.07) is 74.4. The summed E-state index contributed by atoms with van der Waals surface area (Å²) in [5.41, 5.74) is 17.5. The van der Waals surface area contributed by atoms with Crippen molar-refractivity contribution < 1.29 is 4.74 Å². The summed E-state index contributed by atoms with van der Waals surface area (Å²) >= 11 is 0. The van der Waals surface area contributed by atoms with Crippen molar-refractivity contribution in [2.24, 2.45) is 0 Å². The van der Waals surface area contributed by atoms with Crippen molar-refractivity contribution >= 4 is 65.4 Å². The van der Waals surface area contributed by atoms with Gasteiger partial charge in [-0.15, -0.1) is 0 Å². The van der Waals surface area contributed by atoms with Gasteiger partial charge in [0.25, 0.3) is 0 Å². The minimum absolute atomic E-state index is 0.718. The molecule has 1 spiro atoms. The zero-order chi connectivity index (χ0) is 46.4. The molecule has 7 nitrogen and oxygen atoms in total. The molecule has 1 aliphatic carbocycles. The number of fused-ring (bicyclic) bond motifs is 18. The van der Waals surface area contributed by atoms with Crippen molar-refractivity contribution in [3.63, 3.8) is 0 Å². The molecule has 6 aromatic heterocycles. The molecule has 7 heterocycles. The molecule has 14 aromatic rings. The number of hydrogen-bond acceptors (Lipinski definition) is 4. The van der Waals surface area contributed by atoms with Gasteiger partial charge in [0.05, 0.1) is 67.5 Å². The fraction of sp³-hybridized carbons (Fsp3) is 0.0156.